The molecule has 0 aliphatic heterocycles. The molecule has 2 rings (SSSR count). The van der Waals surface area contributed by atoms with Crippen molar-refractivity contribution in [1.29, 1.82) is 0 Å². The van der Waals surface area contributed by atoms with Crippen molar-refractivity contribution in [2.75, 3.05) is 11.6 Å². The lowest BCUT2D eigenvalue weighted by Crippen LogP contribution is -2.09. The largest absolute Gasteiger partial charge is 0.444 e. The highest BCUT2D eigenvalue weighted by molar-refractivity contribution is 7.98. The average molecular weight is 285 g/mol. The Labute approximate surface area is 114 Å². The first-order valence-corrected chi connectivity index (χ1v) is 6.96. The Morgan fingerprint density at radius 2 is 2.22 bits per heavy atom. The van der Waals surface area contributed by atoms with Crippen LogP contribution in [0.15, 0.2) is 21.8 Å². The van der Waals surface area contributed by atoms with Gasteiger partial charge in [0.25, 0.3) is 0 Å². The summed E-state index contributed by atoms with van der Waals surface area (Å²) >= 11 is 7.36. The number of rotatable bonds is 4. The summed E-state index contributed by atoms with van der Waals surface area (Å²) < 4.78 is 5.45. The number of oxazole rings is 1. The molecular weight excluding hydrogens is 272 g/mol. The van der Waals surface area contributed by atoms with E-state index in [0.717, 1.165) is 5.76 Å². The lowest BCUT2D eigenvalue weighted by molar-refractivity contribution is 0.453. The molecule has 5 nitrogen and oxygen atoms in total. The molecule has 0 spiro atoms. The van der Waals surface area contributed by atoms with Crippen molar-refractivity contribution in [3.05, 3.63) is 29.1 Å². The maximum atomic E-state index is 5.92. The normalized spacial score (nSPS) is 12.4. The summed E-state index contributed by atoms with van der Waals surface area (Å²) in [5.74, 6) is 2.06. The monoisotopic (exact) mass is 284 g/mol. The highest BCUT2D eigenvalue weighted by Gasteiger charge is 2.12. The van der Waals surface area contributed by atoms with E-state index in [-0.39, 0.29) is 6.04 Å². The van der Waals surface area contributed by atoms with Gasteiger partial charge >= 0.3 is 0 Å². The third-order valence-electron chi connectivity index (χ3n) is 2.23. The Balaban J connectivity index is 2.16. The zero-order chi connectivity index (χ0) is 13.1. The molecule has 0 saturated heterocycles. The minimum atomic E-state index is -0.0839. The molecule has 96 valence electrons. The summed E-state index contributed by atoms with van der Waals surface area (Å²) in [5.41, 5.74) is 0. The maximum Gasteiger partial charge on any atom is 0.216 e. The van der Waals surface area contributed by atoms with E-state index in [2.05, 4.69) is 20.3 Å². The molecule has 7 heteroatoms. The quantitative estimate of drug-likeness (QED) is 0.528. The van der Waals surface area contributed by atoms with Crippen LogP contribution in [0.3, 0.4) is 0 Å². The third-order valence-corrected chi connectivity index (χ3v) is 2.97. The molecule has 1 unspecified atom stereocenters. The predicted octanol–water partition coefficient (Wildman–Crippen LogP) is 3.32. The number of aryl methyl sites for hydroxylation is 1. The first-order chi connectivity index (χ1) is 8.58. The number of hydrogen-bond acceptors (Lipinski definition) is 6. The van der Waals surface area contributed by atoms with Gasteiger partial charge in [-0.1, -0.05) is 23.4 Å². The van der Waals surface area contributed by atoms with E-state index in [0.29, 0.717) is 22.0 Å². The van der Waals surface area contributed by atoms with Gasteiger partial charge < -0.3 is 9.73 Å². The van der Waals surface area contributed by atoms with E-state index in [9.17, 15) is 0 Å². The smallest absolute Gasteiger partial charge is 0.216 e. The second kappa shape index (κ2) is 5.58. The van der Waals surface area contributed by atoms with Gasteiger partial charge in [-0.15, -0.1) is 0 Å². The van der Waals surface area contributed by atoms with Crippen LogP contribution in [-0.2, 0) is 0 Å². The minimum Gasteiger partial charge on any atom is -0.444 e. The van der Waals surface area contributed by atoms with Gasteiger partial charge in [0.05, 0.1) is 6.20 Å². The van der Waals surface area contributed by atoms with E-state index < -0.39 is 0 Å². The zero-order valence-electron chi connectivity index (χ0n) is 10.3. The number of thioether (sulfide) groups is 1. The molecular formula is C11H13ClN4OS. The molecule has 18 heavy (non-hydrogen) atoms. The van der Waals surface area contributed by atoms with Gasteiger partial charge in [0.2, 0.25) is 5.89 Å². The number of nitrogens with zero attached hydrogens (tertiary/aromatic N) is 3. The Hall–Kier alpha value is -1.27. The van der Waals surface area contributed by atoms with Crippen LogP contribution in [-0.4, -0.2) is 21.2 Å². The van der Waals surface area contributed by atoms with Gasteiger partial charge in [0, 0.05) is 6.07 Å². The van der Waals surface area contributed by atoms with Crippen molar-refractivity contribution in [2.24, 2.45) is 0 Å². The van der Waals surface area contributed by atoms with Crippen LogP contribution in [0, 0.1) is 6.92 Å². The lowest BCUT2D eigenvalue weighted by atomic mass is 10.3. The zero-order valence-corrected chi connectivity index (χ0v) is 11.8. The fraction of sp³-hybridized carbons (Fsp3) is 0.364. The molecule has 0 amide bonds. The molecule has 1 N–H and O–H groups in total. The standard InChI is InChI=1S/C11H13ClN4OS/c1-6-5-13-10(17-6)7(2)14-9-4-8(12)15-11(16-9)18-3/h4-5,7H,1-3H3,(H,14,15,16). The van der Waals surface area contributed by atoms with Crippen molar-refractivity contribution >= 4 is 29.2 Å². The summed E-state index contributed by atoms with van der Waals surface area (Å²) in [5, 5.41) is 4.22. The van der Waals surface area contributed by atoms with Crippen LogP contribution < -0.4 is 5.32 Å². The highest BCUT2D eigenvalue weighted by atomic mass is 35.5. The molecule has 2 heterocycles. The molecule has 2 aromatic rings. The van der Waals surface area contributed by atoms with Crippen molar-refractivity contribution in [3.63, 3.8) is 0 Å². The van der Waals surface area contributed by atoms with Crippen molar-refractivity contribution < 1.29 is 4.42 Å². The maximum absolute atomic E-state index is 5.92. The molecule has 0 radical (unpaired) electrons. The first-order valence-electron chi connectivity index (χ1n) is 5.36. The number of aromatic nitrogens is 3. The van der Waals surface area contributed by atoms with Crippen LogP contribution in [0.2, 0.25) is 5.15 Å². The van der Waals surface area contributed by atoms with E-state index in [1.165, 1.54) is 11.8 Å². The predicted molar refractivity (Wildman–Crippen MR) is 72.1 cm³/mol. The van der Waals surface area contributed by atoms with Crippen LogP contribution in [0.5, 0.6) is 0 Å². The van der Waals surface area contributed by atoms with E-state index >= 15 is 0 Å². The third kappa shape index (κ3) is 3.14. The minimum absolute atomic E-state index is 0.0839. The van der Waals surface area contributed by atoms with Gasteiger partial charge in [-0.25, -0.2) is 15.0 Å². The molecule has 0 bridgehead atoms. The van der Waals surface area contributed by atoms with Crippen LogP contribution in [0.4, 0.5) is 5.82 Å². The number of anilines is 1. The van der Waals surface area contributed by atoms with Crippen LogP contribution >= 0.6 is 23.4 Å². The highest BCUT2D eigenvalue weighted by Crippen LogP contribution is 2.21. The molecule has 1 atom stereocenters. The fourth-order valence-corrected chi connectivity index (χ4v) is 2.03. The Morgan fingerprint density at radius 1 is 1.44 bits per heavy atom. The Bertz CT molecular complexity index is 546. The second-order valence-electron chi connectivity index (χ2n) is 3.74. The number of nitrogens with one attached hydrogen (secondary N) is 1. The van der Waals surface area contributed by atoms with Gasteiger partial charge in [-0.2, -0.15) is 0 Å². The summed E-state index contributed by atoms with van der Waals surface area (Å²) in [4.78, 5) is 12.6. The molecule has 0 aromatic carbocycles. The number of hydrogen-bond donors (Lipinski definition) is 1. The topological polar surface area (TPSA) is 63.8 Å². The first kappa shape index (κ1) is 13.2. The number of halogens is 1. The fourth-order valence-electron chi connectivity index (χ4n) is 1.42. The van der Waals surface area contributed by atoms with E-state index in [4.69, 9.17) is 16.0 Å². The average Bonchev–Trinajstić information content (AvgIpc) is 2.75. The summed E-state index contributed by atoms with van der Waals surface area (Å²) in [6.07, 6.45) is 3.59. The van der Waals surface area contributed by atoms with E-state index in [1.54, 1.807) is 12.3 Å². The molecule has 0 fully saturated rings. The second-order valence-corrected chi connectivity index (χ2v) is 4.90. The van der Waals surface area contributed by atoms with Gasteiger partial charge in [-0.05, 0) is 20.1 Å². The molecule has 0 aliphatic carbocycles. The van der Waals surface area contributed by atoms with Crippen molar-refractivity contribution in [3.8, 4) is 0 Å². The summed E-state index contributed by atoms with van der Waals surface area (Å²) in [6.45, 7) is 3.80. The summed E-state index contributed by atoms with van der Waals surface area (Å²) in [7, 11) is 0. The Morgan fingerprint density at radius 3 is 2.83 bits per heavy atom. The van der Waals surface area contributed by atoms with Crippen molar-refractivity contribution in [1.82, 2.24) is 15.0 Å². The molecule has 0 aliphatic rings. The van der Waals surface area contributed by atoms with Crippen LogP contribution in [0.25, 0.3) is 0 Å². The molecule has 0 saturated carbocycles. The SMILES string of the molecule is CSc1nc(Cl)cc(NC(C)c2ncc(C)o2)n1. The molecule has 2 aromatic heterocycles. The van der Waals surface area contributed by atoms with Gasteiger partial charge in [0.1, 0.15) is 22.8 Å². The Kier molecular flexibility index (Phi) is 4.08. The lowest BCUT2D eigenvalue weighted by Gasteiger charge is -2.11. The van der Waals surface area contributed by atoms with Gasteiger partial charge in [0.15, 0.2) is 5.16 Å². The van der Waals surface area contributed by atoms with Crippen molar-refractivity contribution in [2.45, 2.75) is 25.0 Å². The summed E-state index contributed by atoms with van der Waals surface area (Å²) in [6, 6.07) is 1.59. The van der Waals surface area contributed by atoms with E-state index in [1.807, 2.05) is 20.1 Å². The van der Waals surface area contributed by atoms with Crippen LogP contribution in [0.1, 0.15) is 24.6 Å². The van der Waals surface area contributed by atoms with Gasteiger partial charge in [-0.3, -0.25) is 0 Å².